The van der Waals surface area contributed by atoms with E-state index in [2.05, 4.69) is 14.9 Å². The number of aromatic nitrogens is 2. The first-order valence-electron chi connectivity index (χ1n) is 11.0. The van der Waals surface area contributed by atoms with Crippen LogP contribution in [0.25, 0.3) is 0 Å². The fourth-order valence-corrected chi connectivity index (χ4v) is 4.89. The van der Waals surface area contributed by atoms with Crippen molar-refractivity contribution in [3.05, 3.63) is 51.3 Å². The van der Waals surface area contributed by atoms with Crippen molar-refractivity contribution in [3.8, 4) is 0 Å². The third-order valence-corrected chi connectivity index (χ3v) is 7.20. The molecule has 2 aromatic rings. The van der Waals surface area contributed by atoms with Gasteiger partial charge >= 0.3 is 6.18 Å². The maximum atomic E-state index is 13.1. The molecule has 0 bridgehead atoms. The van der Waals surface area contributed by atoms with Crippen molar-refractivity contribution in [2.24, 2.45) is 0 Å². The Morgan fingerprint density at radius 3 is 2.35 bits per heavy atom. The molecule has 1 amide bonds. The monoisotopic (exact) mass is 519 g/mol. The third kappa shape index (κ3) is 5.52. The fraction of sp³-hybridized carbons (Fsp3) is 0.545. The molecule has 2 atom stereocenters. The molecule has 2 aliphatic rings. The minimum Gasteiger partial charge on any atom is -0.390 e. The highest BCUT2D eigenvalue weighted by Gasteiger charge is 2.40. The van der Waals surface area contributed by atoms with Crippen LogP contribution in [0.5, 0.6) is 0 Å². The van der Waals surface area contributed by atoms with E-state index in [4.69, 9.17) is 23.2 Å². The van der Waals surface area contributed by atoms with Crippen molar-refractivity contribution in [3.63, 3.8) is 0 Å². The quantitative estimate of drug-likeness (QED) is 0.657. The molecule has 12 heteroatoms. The normalized spacial score (nSPS) is 22.5. The van der Waals surface area contributed by atoms with E-state index < -0.39 is 28.9 Å². The number of carbonyl (C=O) groups excluding carboxylic acids is 1. The molecule has 34 heavy (non-hydrogen) atoms. The molecule has 1 aromatic carbocycles. The summed E-state index contributed by atoms with van der Waals surface area (Å²) < 4.78 is 40.1. The predicted molar refractivity (Wildman–Crippen MR) is 122 cm³/mol. The average molecular weight is 520 g/mol. The number of piperazine rings is 1. The lowest BCUT2D eigenvalue weighted by Crippen LogP contribution is -2.53. The molecule has 2 aliphatic heterocycles. The molecule has 186 valence electrons. The first kappa shape index (κ1) is 25.2. The molecule has 0 saturated carbocycles. The Kier molecular flexibility index (Phi) is 7.44. The molecular weight excluding hydrogens is 494 g/mol. The number of halogens is 5. The van der Waals surface area contributed by atoms with E-state index in [9.17, 15) is 23.1 Å². The Balaban J connectivity index is 1.31. The summed E-state index contributed by atoms with van der Waals surface area (Å²) in [5.41, 5.74) is 0.0592. The minimum absolute atomic E-state index is 0.0791. The molecule has 0 spiro atoms. The highest BCUT2D eigenvalue weighted by Crippen LogP contribution is 2.35. The largest absolute Gasteiger partial charge is 0.436 e. The molecule has 7 nitrogen and oxygen atoms in total. The van der Waals surface area contributed by atoms with Crippen LogP contribution in [-0.4, -0.2) is 86.9 Å². The van der Waals surface area contributed by atoms with Gasteiger partial charge in [-0.15, -0.1) is 0 Å². The third-order valence-electron chi connectivity index (χ3n) is 6.49. The van der Waals surface area contributed by atoms with Crippen LogP contribution in [0.1, 0.15) is 17.0 Å². The van der Waals surface area contributed by atoms with Crippen molar-refractivity contribution >= 4 is 29.1 Å². The summed E-state index contributed by atoms with van der Waals surface area (Å²) in [7, 11) is 0. The van der Waals surface area contributed by atoms with Gasteiger partial charge in [-0.1, -0.05) is 35.3 Å². The van der Waals surface area contributed by atoms with Crippen LogP contribution in [0.15, 0.2) is 24.3 Å². The molecule has 1 N–H and O–H groups in total. The van der Waals surface area contributed by atoms with E-state index in [1.54, 1.807) is 0 Å². The second kappa shape index (κ2) is 10.0. The van der Waals surface area contributed by atoms with E-state index in [-0.39, 0.29) is 24.8 Å². The van der Waals surface area contributed by atoms with Crippen molar-refractivity contribution in [1.29, 1.82) is 0 Å². The zero-order valence-corrected chi connectivity index (χ0v) is 20.1. The molecule has 3 heterocycles. The van der Waals surface area contributed by atoms with Gasteiger partial charge in [-0.3, -0.25) is 19.3 Å². The molecule has 1 aromatic heterocycles. The van der Waals surface area contributed by atoms with Crippen molar-refractivity contribution in [2.45, 2.75) is 38.3 Å². The van der Waals surface area contributed by atoms with Crippen LogP contribution in [0.3, 0.4) is 0 Å². The van der Waals surface area contributed by atoms with Crippen molar-refractivity contribution < 1.29 is 23.1 Å². The van der Waals surface area contributed by atoms with Gasteiger partial charge in [0.15, 0.2) is 5.69 Å². The second-order valence-corrected chi connectivity index (χ2v) is 9.59. The van der Waals surface area contributed by atoms with E-state index in [1.807, 2.05) is 24.3 Å². The summed E-state index contributed by atoms with van der Waals surface area (Å²) in [5, 5.41) is 14.3. The van der Waals surface area contributed by atoms with Crippen molar-refractivity contribution in [2.75, 3.05) is 39.3 Å². The van der Waals surface area contributed by atoms with Gasteiger partial charge in [0.2, 0.25) is 5.91 Å². The fourth-order valence-electron chi connectivity index (χ4n) is 4.52. The number of likely N-dealkylation sites (tertiary alicyclic amines) is 1. The topological polar surface area (TPSA) is 64.8 Å². The summed E-state index contributed by atoms with van der Waals surface area (Å²) in [6.07, 6.45) is -5.42. The minimum atomic E-state index is -4.69. The van der Waals surface area contributed by atoms with E-state index in [0.29, 0.717) is 11.6 Å². The number of aliphatic hydroxyl groups is 1. The Morgan fingerprint density at radius 2 is 1.76 bits per heavy atom. The first-order chi connectivity index (χ1) is 16.0. The lowest BCUT2D eigenvalue weighted by Gasteiger charge is -2.38. The molecular formula is C22H26Cl2F3N5O2. The smallest absolute Gasteiger partial charge is 0.390 e. The number of hydrogen-bond acceptors (Lipinski definition) is 5. The zero-order chi connectivity index (χ0) is 24.6. The van der Waals surface area contributed by atoms with Crippen LogP contribution in [0.4, 0.5) is 13.2 Å². The Labute approximate surface area is 205 Å². The number of β-amino-alcohol motifs (C(OH)–C–C–N with tert-alkyl or cyclic N) is 1. The summed E-state index contributed by atoms with van der Waals surface area (Å²) in [6, 6.07) is 7.54. The molecule has 0 aliphatic carbocycles. The number of benzene rings is 1. The van der Waals surface area contributed by atoms with Crippen LogP contribution in [-0.2, 0) is 24.1 Å². The Hall–Kier alpha value is -1.85. The van der Waals surface area contributed by atoms with Gasteiger partial charge in [0.25, 0.3) is 0 Å². The van der Waals surface area contributed by atoms with Crippen molar-refractivity contribution in [1.82, 2.24) is 24.5 Å². The van der Waals surface area contributed by atoms with Crippen LogP contribution >= 0.6 is 23.2 Å². The SMILES string of the molecule is Cc1c(Cl)c(C(F)(F)F)nn1CC(=O)N1CC(O)C(N2CCN(Cc3ccc(Cl)cc3)CC2)C1. The van der Waals surface area contributed by atoms with E-state index in [1.165, 1.54) is 17.4 Å². The molecule has 4 rings (SSSR count). The summed E-state index contributed by atoms with van der Waals surface area (Å²) >= 11 is 11.7. The number of alkyl halides is 3. The van der Waals surface area contributed by atoms with Crippen LogP contribution < -0.4 is 0 Å². The average Bonchev–Trinajstić information content (AvgIpc) is 3.31. The highest BCUT2D eigenvalue weighted by atomic mass is 35.5. The second-order valence-electron chi connectivity index (χ2n) is 8.78. The van der Waals surface area contributed by atoms with Gasteiger partial charge in [-0.05, 0) is 24.6 Å². The number of hydrogen-bond donors (Lipinski definition) is 1. The van der Waals surface area contributed by atoms with Crippen LogP contribution in [0.2, 0.25) is 10.0 Å². The van der Waals surface area contributed by atoms with Crippen LogP contribution in [0, 0.1) is 6.92 Å². The summed E-state index contributed by atoms with van der Waals surface area (Å²) in [6.45, 7) is 5.44. The molecule has 2 fully saturated rings. The van der Waals surface area contributed by atoms with Gasteiger partial charge < -0.3 is 10.0 Å². The Morgan fingerprint density at radius 1 is 1.12 bits per heavy atom. The predicted octanol–water partition coefficient (Wildman–Crippen LogP) is 2.91. The zero-order valence-electron chi connectivity index (χ0n) is 18.6. The summed E-state index contributed by atoms with van der Waals surface area (Å²) in [5.74, 6) is -0.404. The summed E-state index contributed by atoms with van der Waals surface area (Å²) in [4.78, 5) is 18.8. The standard InChI is InChI=1S/C22H26Cl2F3N5O2/c1-14-20(24)21(22(25,26)27)28-32(14)13-19(34)31-11-17(18(33)12-31)30-8-6-29(7-9-30)10-15-2-4-16(23)5-3-15/h2-5,17-18,33H,6-13H2,1H3. The molecule has 0 radical (unpaired) electrons. The van der Waals surface area contributed by atoms with Gasteiger partial charge in [0, 0.05) is 50.8 Å². The number of rotatable bonds is 5. The van der Waals surface area contributed by atoms with E-state index >= 15 is 0 Å². The molecule has 2 saturated heterocycles. The van der Waals surface area contributed by atoms with Gasteiger partial charge in [0.1, 0.15) is 6.54 Å². The van der Waals surface area contributed by atoms with Gasteiger partial charge in [-0.2, -0.15) is 18.3 Å². The van der Waals surface area contributed by atoms with Gasteiger partial charge in [0.05, 0.1) is 22.9 Å². The maximum Gasteiger partial charge on any atom is 0.436 e. The number of amides is 1. The molecule has 2 unspecified atom stereocenters. The lowest BCUT2D eigenvalue weighted by atomic mass is 10.1. The first-order valence-corrected chi connectivity index (χ1v) is 11.8. The maximum absolute atomic E-state index is 13.1. The Bertz CT molecular complexity index is 1020. The highest BCUT2D eigenvalue weighted by molar-refractivity contribution is 6.32. The van der Waals surface area contributed by atoms with Gasteiger partial charge in [-0.25, -0.2) is 0 Å². The number of aliphatic hydroxyl groups excluding tert-OH is 1. The number of carbonyl (C=O) groups is 1. The lowest BCUT2D eigenvalue weighted by molar-refractivity contribution is -0.142. The number of nitrogens with zero attached hydrogens (tertiary/aromatic N) is 5. The van der Waals surface area contributed by atoms with E-state index in [0.717, 1.165) is 37.4 Å².